The van der Waals surface area contributed by atoms with E-state index in [4.69, 9.17) is 23.2 Å². The molecule has 0 saturated heterocycles. The van der Waals surface area contributed by atoms with Gasteiger partial charge in [0.15, 0.2) is 0 Å². The molecule has 1 aliphatic carbocycles. The first-order valence-corrected chi connectivity index (χ1v) is 9.80. The highest BCUT2D eigenvalue weighted by Gasteiger charge is 2.37. The fourth-order valence-corrected chi connectivity index (χ4v) is 3.60. The molecule has 0 aliphatic heterocycles. The molecule has 0 bridgehead atoms. The normalized spacial score (nSPS) is 17.6. The number of carbonyl (C=O) groups is 1. The number of hydrogen-bond acceptors (Lipinski definition) is 5. The van der Waals surface area contributed by atoms with Gasteiger partial charge in [0.1, 0.15) is 12.0 Å². The lowest BCUT2D eigenvalue weighted by molar-refractivity contribution is -0.0650. The average Bonchev–Trinajstić information content (AvgIpc) is 2.67. The van der Waals surface area contributed by atoms with Crippen LogP contribution in [0.2, 0.25) is 10.3 Å². The number of nitrogens with one attached hydrogen (secondary N) is 1. The van der Waals surface area contributed by atoms with Crippen molar-refractivity contribution in [3.05, 3.63) is 46.3 Å². The molecule has 156 valence electrons. The lowest BCUT2D eigenvalue weighted by Crippen LogP contribution is -2.42. The van der Waals surface area contributed by atoms with E-state index >= 15 is 0 Å². The average molecular weight is 445 g/mol. The second-order valence-corrected chi connectivity index (χ2v) is 7.76. The quantitative estimate of drug-likeness (QED) is 0.526. The van der Waals surface area contributed by atoms with Crippen LogP contribution in [0.15, 0.2) is 30.5 Å². The highest BCUT2D eigenvalue weighted by Crippen LogP contribution is 2.37. The Bertz CT molecular complexity index is 890. The van der Waals surface area contributed by atoms with Gasteiger partial charge in [0.2, 0.25) is 11.2 Å². The van der Waals surface area contributed by atoms with Crippen LogP contribution in [0.25, 0.3) is 0 Å². The molecule has 2 aromatic rings. The molecule has 1 amide bonds. The van der Waals surface area contributed by atoms with Gasteiger partial charge in [-0.1, -0.05) is 11.6 Å². The minimum atomic E-state index is -2.70. The Morgan fingerprint density at radius 3 is 2.66 bits per heavy atom. The number of aliphatic hydroxyl groups excluding tert-OH is 1. The Morgan fingerprint density at radius 1 is 1.31 bits per heavy atom. The molecule has 1 aliphatic rings. The number of nitrogens with zero attached hydrogens (tertiary/aromatic N) is 3. The predicted octanol–water partition coefficient (Wildman–Crippen LogP) is 4.43. The van der Waals surface area contributed by atoms with Gasteiger partial charge >= 0.3 is 0 Å². The number of rotatable bonds is 5. The molecule has 10 heteroatoms. The number of benzene rings is 1. The maximum atomic E-state index is 13.3. The van der Waals surface area contributed by atoms with E-state index in [9.17, 15) is 18.7 Å². The Hall–Kier alpha value is -2.03. The summed E-state index contributed by atoms with van der Waals surface area (Å²) in [7, 11) is 1.74. The maximum Gasteiger partial charge on any atom is 0.254 e. The topological polar surface area (TPSA) is 78.4 Å². The predicted molar refractivity (Wildman–Crippen MR) is 107 cm³/mol. The third-order valence-electron chi connectivity index (χ3n) is 5.02. The molecule has 1 aromatic heterocycles. The summed E-state index contributed by atoms with van der Waals surface area (Å²) in [6.45, 7) is 0. The number of alkyl halides is 2. The molecule has 6 nitrogen and oxygen atoms in total. The van der Waals surface area contributed by atoms with Crippen molar-refractivity contribution in [3.8, 4) is 0 Å². The highest BCUT2D eigenvalue weighted by molar-refractivity contribution is 6.34. The van der Waals surface area contributed by atoms with Crippen LogP contribution in [0.1, 0.15) is 36.0 Å². The number of amides is 1. The van der Waals surface area contributed by atoms with Gasteiger partial charge in [-0.3, -0.25) is 4.79 Å². The van der Waals surface area contributed by atoms with Crippen LogP contribution in [-0.4, -0.2) is 40.2 Å². The van der Waals surface area contributed by atoms with Gasteiger partial charge in [0.25, 0.3) is 5.91 Å². The van der Waals surface area contributed by atoms with Gasteiger partial charge in [0.05, 0.1) is 10.6 Å². The first-order chi connectivity index (χ1) is 13.7. The Morgan fingerprint density at radius 2 is 2.00 bits per heavy atom. The van der Waals surface area contributed by atoms with Crippen molar-refractivity contribution in [1.29, 1.82) is 0 Å². The zero-order valence-corrected chi connectivity index (χ0v) is 17.1. The molecule has 1 saturated carbocycles. The number of halogens is 4. The largest absolute Gasteiger partial charge is 0.373 e. The van der Waals surface area contributed by atoms with E-state index in [-0.39, 0.29) is 41.6 Å². The first-order valence-electron chi connectivity index (χ1n) is 9.05. The standard InChI is InChI=1S/C19H20Cl2F2N4O2/c1-27(15-6-9-24-18(21)25-15)12-2-3-14(20)13(10-12)17(29)26-16(28)11-4-7-19(22,23)8-5-11/h2-3,6,9-11,16,28H,4-5,7-8H2,1H3,(H,26,29). The van der Waals surface area contributed by atoms with E-state index in [2.05, 4.69) is 15.3 Å². The smallest absolute Gasteiger partial charge is 0.254 e. The fraction of sp³-hybridized carbons (Fsp3) is 0.421. The second kappa shape index (κ2) is 8.77. The summed E-state index contributed by atoms with van der Waals surface area (Å²) >= 11 is 12.0. The molecular formula is C19H20Cl2F2N4O2. The number of hydrogen-bond donors (Lipinski definition) is 2. The van der Waals surface area contributed by atoms with Gasteiger partial charge in [-0.25, -0.2) is 18.7 Å². The van der Waals surface area contributed by atoms with E-state index in [1.54, 1.807) is 36.2 Å². The lowest BCUT2D eigenvalue weighted by atomic mass is 9.85. The minimum absolute atomic E-state index is 0.0856. The second-order valence-electron chi connectivity index (χ2n) is 7.02. The summed E-state index contributed by atoms with van der Waals surface area (Å²) in [5, 5.41) is 13.0. The molecular weight excluding hydrogens is 425 g/mol. The zero-order chi connectivity index (χ0) is 21.2. The molecule has 2 N–H and O–H groups in total. The first kappa shape index (κ1) is 21.7. The van der Waals surface area contributed by atoms with Gasteiger partial charge in [-0.15, -0.1) is 0 Å². The molecule has 0 radical (unpaired) electrons. The third-order valence-corrected chi connectivity index (χ3v) is 5.54. The van der Waals surface area contributed by atoms with Crippen LogP contribution >= 0.6 is 23.2 Å². The van der Waals surface area contributed by atoms with E-state index in [0.29, 0.717) is 11.5 Å². The van der Waals surface area contributed by atoms with Crippen LogP contribution in [0.3, 0.4) is 0 Å². The van der Waals surface area contributed by atoms with Gasteiger partial charge in [-0.2, -0.15) is 0 Å². The van der Waals surface area contributed by atoms with Crippen LogP contribution in [0.5, 0.6) is 0 Å². The van der Waals surface area contributed by atoms with Crippen molar-refractivity contribution in [2.75, 3.05) is 11.9 Å². The van der Waals surface area contributed by atoms with Crippen molar-refractivity contribution >= 4 is 40.6 Å². The van der Waals surface area contributed by atoms with Crippen LogP contribution in [0.4, 0.5) is 20.3 Å². The summed E-state index contributed by atoms with van der Waals surface area (Å²) in [6, 6.07) is 6.46. The highest BCUT2D eigenvalue weighted by atomic mass is 35.5. The number of aliphatic hydroxyl groups is 1. The number of anilines is 2. The summed E-state index contributed by atoms with van der Waals surface area (Å²) < 4.78 is 26.6. The van der Waals surface area contributed by atoms with E-state index < -0.39 is 24.0 Å². The Balaban J connectivity index is 1.73. The van der Waals surface area contributed by atoms with Crippen LogP contribution < -0.4 is 10.2 Å². The van der Waals surface area contributed by atoms with Gasteiger partial charge in [0, 0.05) is 37.7 Å². The van der Waals surface area contributed by atoms with Crippen LogP contribution in [0, 0.1) is 5.92 Å². The molecule has 1 atom stereocenters. The maximum absolute atomic E-state index is 13.3. The van der Waals surface area contributed by atoms with Crippen molar-refractivity contribution in [2.24, 2.45) is 5.92 Å². The van der Waals surface area contributed by atoms with E-state index in [1.165, 1.54) is 6.20 Å². The van der Waals surface area contributed by atoms with Crippen molar-refractivity contribution < 1.29 is 18.7 Å². The summed E-state index contributed by atoms with van der Waals surface area (Å²) in [4.78, 5) is 22.3. The SMILES string of the molecule is CN(c1ccc(Cl)c(C(=O)NC(O)C2CCC(F)(F)CC2)c1)c1ccnc(Cl)n1. The van der Waals surface area contributed by atoms with Crippen molar-refractivity contribution in [2.45, 2.75) is 37.8 Å². The van der Waals surface area contributed by atoms with Crippen LogP contribution in [-0.2, 0) is 0 Å². The lowest BCUT2D eigenvalue weighted by Gasteiger charge is -2.31. The minimum Gasteiger partial charge on any atom is -0.373 e. The number of aromatic nitrogens is 2. The molecule has 29 heavy (non-hydrogen) atoms. The van der Waals surface area contributed by atoms with Gasteiger partial charge < -0.3 is 15.3 Å². The fourth-order valence-electron chi connectivity index (χ4n) is 3.25. The Kier molecular flexibility index (Phi) is 6.55. The van der Waals surface area contributed by atoms with E-state index in [1.807, 2.05) is 0 Å². The molecule has 1 unspecified atom stereocenters. The van der Waals surface area contributed by atoms with Crippen molar-refractivity contribution in [3.63, 3.8) is 0 Å². The monoisotopic (exact) mass is 444 g/mol. The van der Waals surface area contributed by atoms with E-state index in [0.717, 1.165) is 0 Å². The third kappa shape index (κ3) is 5.32. The van der Waals surface area contributed by atoms with Crippen molar-refractivity contribution in [1.82, 2.24) is 15.3 Å². The summed E-state index contributed by atoms with van der Waals surface area (Å²) in [5.41, 5.74) is 0.762. The summed E-state index contributed by atoms with van der Waals surface area (Å²) in [6.07, 6.45) is -0.0369. The molecule has 0 spiro atoms. The summed E-state index contributed by atoms with van der Waals surface area (Å²) in [5.74, 6) is -3.20. The van der Waals surface area contributed by atoms with Gasteiger partial charge in [-0.05, 0) is 48.7 Å². The molecule has 3 rings (SSSR count). The molecule has 1 heterocycles. The number of carbonyl (C=O) groups excluding carboxylic acids is 1. The molecule has 1 aromatic carbocycles. The molecule has 1 fully saturated rings. The Labute approximate surface area is 176 Å². The zero-order valence-electron chi connectivity index (χ0n) is 15.6.